The van der Waals surface area contributed by atoms with E-state index in [4.69, 9.17) is 14.2 Å². The molecule has 1 atom stereocenters. The van der Waals surface area contributed by atoms with Crippen molar-refractivity contribution in [3.8, 4) is 0 Å². The van der Waals surface area contributed by atoms with E-state index < -0.39 is 11.7 Å². The van der Waals surface area contributed by atoms with E-state index in [1.165, 1.54) is 0 Å². The number of carbonyl (C=O) groups is 1. The van der Waals surface area contributed by atoms with Gasteiger partial charge in [-0.15, -0.1) is 0 Å². The summed E-state index contributed by atoms with van der Waals surface area (Å²) in [6.45, 7) is 8.69. The highest BCUT2D eigenvalue weighted by molar-refractivity contribution is 9.09. The Morgan fingerprint density at radius 3 is 2.38 bits per heavy atom. The first-order valence-corrected chi connectivity index (χ1v) is 6.47. The number of halogens is 1. The minimum absolute atomic E-state index is 0.340. The molecule has 0 bridgehead atoms. The molecule has 16 heavy (non-hydrogen) atoms. The van der Waals surface area contributed by atoms with Crippen molar-refractivity contribution in [2.75, 3.05) is 25.2 Å². The fraction of sp³-hybridized carbons (Fsp3) is 0.909. The van der Waals surface area contributed by atoms with Gasteiger partial charge in [-0.05, 0) is 27.7 Å². The molecule has 4 nitrogen and oxygen atoms in total. The van der Waals surface area contributed by atoms with Crippen molar-refractivity contribution in [2.45, 2.75) is 39.4 Å². The predicted octanol–water partition coefficient (Wildman–Crippen LogP) is 2.14. The summed E-state index contributed by atoms with van der Waals surface area (Å²) in [4.78, 5) is 11.5. The zero-order valence-electron chi connectivity index (χ0n) is 10.4. The van der Waals surface area contributed by atoms with Gasteiger partial charge >= 0.3 is 5.97 Å². The standard InChI is InChI=1S/C11H21BrO4/c1-9(10(13)16-11(2,3)4)15-8-7-14-6-5-12/h9H,5-8H2,1-4H3. The van der Waals surface area contributed by atoms with Gasteiger partial charge in [0.05, 0.1) is 19.8 Å². The SMILES string of the molecule is CC(OCCOCCBr)C(=O)OC(C)(C)C. The van der Waals surface area contributed by atoms with Crippen LogP contribution in [0.2, 0.25) is 0 Å². The quantitative estimate of drug-likeness (QED) is 0.410. The minimum Gasteiger partial charge on any atom is -0.458 e. The molecule has 0 fully saturated rings. The number of esters is 1. The van der Waals surface area contributed by atoms with Gasteiger partial charge in [-0.25, -0.2) is 4.79 Å². The second kappa shape index (κ2) is 8.03. The van der Waals surface area contributed by atoms with E-state index in [9.17, 15) is 4.79 Å². The fourth-order valence-corrected chi connectivity index (χ4v) is 1.12. The number of hydrogen-bond donors (Lipinski definition) is 0. The summed E-state index contributed by atoms with van der Waals surface area (Å²) >= 11 is 3.25. The molecule has 0 amide bonds. The Kier molecular flexibility index (Phi) is 7.97. The molecule has 0 saturated heterocycles. The van der Waals surface area contributed by atoms with Crippen molar-refractivity contribution in [1.82, 2.24) is 0 Å². The first-order chi connectivity index (χ1) is 7.37. The van der Waals surface area contributed by atoms with Crippen LogP contribution in [0.3, 0.4) is 0 Å². The third-order valence-electron chi connectivity index (χ3n) is 1.56. The van der Waals surface area contributed by atoms with Crippen LogP contribution in [0.5, 0.6) is 0 Å². The molecule has 1 unspecified atom stereocenters. The molecule has 0 saturated carbocycles. The molecular formula is C11H21BrO4. The highest BCUT2D eigenvalue weighted by Gasteiger charge is 2.21. The third-order valence-corrected chi connectivity index (χ3v) is 1.88. The summed E-state index contributed by atoms with van der Waals surface area (Å²) in [6, 6.07) is 0. The van der Waals surface area contributed by atoms with Crippen LogP contribution in [0.25, 0.3) is 0 Å². The Hall–Kier alpha value is -0.130. The Bertz CT molecular complexity index is 201. The van der Waals surface area contributed by atoms with E-state index in [2.05, 4.69) is 15.9 Å². The van der Waals surface area contributed by atoms with Crippen LogP contribution in [-0.2, 0) is 19.0 Å². The summed E-state index contributed by atoms with van der Waals surface area (Å²) in [5.41, 5.74) is -0.471. The molecule has 0 rings (SSSR count). The van der Waals surface area contributed by atoms with E-state index in [0.717, 1.165) is 5.33 Å². The fourth-order valence-electron chi connectivity index (χ4n) is 0.893. The van der Waals surface area contributed by atoms with Crippen LogP contribution in [0, 0.1) is 0 Å². The van der Waals surface area contributed by atoms with Crippen molar-refractivity contribution in [1.29, 1.82) is 0 Å². The summed E-state index contributed by atoms with van der Waals surface area (Å²) < 4.78 is 15.6. The van der Waals surface area contributed by atoms with Gasteiger partial charge in [0, 0.05) is 5.33 Å². The number of carbonyl (C=O) groups excluding carboxylic acids is 1. The summed E-state index contributed by atoms with van der Waals surface area (Å²) in [5.74, 6) is -0.340. The molecule has 0 aromatic heterocycles. The van der Waals surface area contributed by atoms with Gasteiger partial charge in [0.1, 0.15) is 5.60 Å². The number of rotatable bonds is 7. The van der Waals surface area contributed by atoms with Gasteiger partial charge in [0.25, 0.3) is 0 Å². The number of ether oxygens (including phenoxy) is 3. The second-order valence-electron chi connectivity index (χ2n) is 4.35. The van der Waals surface area contributed by atoms with E-state index in [-0.39, 0.29) is 5.97 Å². The molecule has 0 N–H and O–H groups in total. The molecular weight excluding hydrogens is 276 g/mol. The zero-order valence-corrected chi connectivity index (χ0v) is 12.0. The number of alkyl halides is 1. The van der Waals surface area contributed by atoms with Gasteiger partial charge in [0.15, 0.2) is 6.10 Å². The lowest BCUT2D eigenvalue weighted by atomic mass is 10.2. The Labute approximate surface area is 106 Å². The molecule has 0 spiro atoms. The number of hydrogen-bond acceptors (Lipinski definition) is 4. The molecule has 0 aromatic carbocycles. The van der Waals surface area contributed by atoms with Crippen molar-refractivity contribution in [2.24, 2.45) is 0 Å². The molecule has 0 aliphatic heterocycles. The van der Waals surface area contributed by atoms with Crippen LogP contribution in [-0.4, -0.2) is 42.8 Å². The summed E-state index contributed by atoms with van der Waals surface area (Å²) in [7, 11) is 0. The second-order valence-corrected chi connectivity index (χ2v) is 5.14. The Morgan fingerprint density at radius 1 is 1.25 bits per heavy atom. The van der Waals surface area contributed by atoms with E-state index in [1.54, 1.807) is 6.92 Å². The Morgan fingerprint density at radius 2 is 1.88 bits per heavy atom. The van der Waals surface area contributed by atoms with E-state index in [0.29, 0.717) is 19.8 Å². The van der Waals surface area contributed by atoms with Crippen LogP contribution in [0.4, 0.5) is 0 Å². The monoisotopic (exact) mass is 296 g/mol. The van der Waals surface area contributed by atoms with Gasteiger partial charge in [-0.2, -0.15) is 0 Å². The molecule has 5 heteroatoms. The molecule has 96 valence electrons. The predicted molar refractivity (Wildman–Crippen MR) is 65.9 cm³/mol. The highest BCUT2D eigenvalue weighted by atomic mass is 79.9. The van der Waals surface area contributed by atoms with Gasteiger partial charge < -0.3 is 14.2 Å². The van der Waals surface area contributed by atoms with Crippen molar-refractivity contribution in [3.05, 3.63) is 0 Å². The molecule has 0 heterocycles. The lowest BCUT2D eigenvalue weighted by Crippen LogP contribution is -2.32. The molecule has 0 aliphatic rings. The lowest BCUT2D eigenvalue weighted by Gasteiger charge is -2.22. The summed E-state index contributed by atoms with van der Waals surface area (Å²) in [6.07, 6.45) is -0.549. The lowest BCUT2D eigenvalue weighted by molar-refractivity contribution is -0.168. The average molecular weight is 297 g/mol. The first kappa shape index (κ1) is 15.9. The zero-order chi connectivity index (χ0) is 12.6. The van der Waals surface area contributed by atoms with Crippen LogP contribution >= 0.6 is 15.9 Å². The molecule has 0 aromatic rings. The highest BCUT2D eigenvalue weighted by Crippen LogP contribution is 2.09. The maximum absolute atomic E-state index is 11.5. The van der Waals surface area contributed by atoms with Crippen molar-refractivity contribution >= 4 is 21.9 Å². The normalized spacial score (nSPS) is 13.6. The Balaban J connectivity index is 3.64. The van der Waals surface area contributed by atoms with E-state index in [1.807, 2.05) is 20.8 Å². The van der Waals surface area contributed by atoms with Crippen molar-refractivity contribution in [3.63, 3.8) is 0 Å². The third kappa shape index (κ3) is 9.12. The minimum atomic E-state index is -0.549. The van der Waals surface area contributed by atoms with Crippen LogP contribution < -0.4 is 0 Å². The van der Waals surface area contributed by atoms with Crippen molar-refractivity contribution < 1.29 is 19.0 Å². The van der Waals surface area contributed by atoms with Crippen LogP contribution in [0.15, 0.2) is 0 Å². The molecule has 0 aliphatic carbocycles. The van der Waals surface area contributed by atoms with Gasteiger partial charge in [0.2, 0.25) is 0 Å². The maximum Gasteiger partial charge on any atom is 0.335 e. The topological polar surface area (TPSA) is 44.8 Å². The maximum atomic E-state index is 11.5. The van der Waals surface area contributed by atoms with Crippen LogP contribution in [0.1, 0.15) is 27.7 Å². The summed E-state index contributed by atoms with van der Waals surface area (Å²) in [5, 5.41) is 0.800. The first-order valence-electron chi connectivity index (χ1n) is 5.35. The molecule has 0 radical (unpaired) electrons. The average Bonchev–Trinajstić information content (AvgIpc) is 2.14. The van der Waals surface area contributed by atoms with E-state index >= 15 is 0 Å². The van der Waals surface area contributed by atoms with Gasteiger partial charge in [-0.3, -0.25) is 0 Å². The largest absolute Gasteiger partial charge is 0.458 e. The smallest absolute Gasteiger partial charge is 0.335 e. The van der Waals surface area contributed by atoms with Gasteiger partial charge in [-0.1, -0.05) is 15.9 Å².